The van der Waals surface area contributed by atoms with Crippen molar-refractivity contribution in [1.29, 1.82) is 0 Å². The fourth-order valence-corrected chi connectivity index (χ4v) is 2.11. The first-order chi connectivity index (χ1) is 9.79. The van der Waals surface area contributed by atoms with Crippen LogP contribution in [0.3, 0.4) is 0 Å². The summed E-state index contributed by atoms with van der Waals surface area (Å²) in [5.74, 6) is 0. The summed E-state index contributed by atoms with van der Waals surface area (Å²) in [6, 6.07) is 13.0. The maximum absolute atomic E-state index is 9.57. The third-order valence-electron chi connectivity index (χ3n) is 3.16. The van der Waals surface area contributed by atoms with Crippen molar-refractivity contribution in [3.05, 3.63) is 48.0 Å². The minimum atomic E-state index is -0.236. The highest BCUT2D eigenvalue weighted by Gasteiger charge is 2.15. The zero-order chi connectivity index (χ0) is 13.9. The molecular formula is C14H14N4O2. The molecule has 1 atom stereocenters. The molecule has 1 unspecified atom stereocenters. The zero-order valence-electron chi connectivity index (χ0n) is 10.7. The summed E-state index contributed by atoms with van der Waals surface area (Å²) in [6.07, 6.45) is 0. The molecular weight excluding hydrogens is 256 g/mol. The van der Waals surface area contributed by atoms with Gasteiger partial charge < -0.3 is 16.2 Å². The van der Waals surface area contributed by atoms with E-state index in [9.17, 15) is 5.11 Å². The third kappa shape index (κ3) is 2.17. The molecule has 0 spiro atoms. The van der Waals surface area contributed by atoms with Crippen LogP contribution >= 0.6 is 0 Å². The summed E-state index contributed by atoms with van der Waals surface area (Å²) in [5.41, 5.74) is 9.08. The predicted molar refractivity (Wildman–Crippen MR) is 76.1 cm³/mol. The molecule has 3 rings (SSSR count). The minimum absolute atomic E-state index is 0.0405. The fraction of sp³-hybridized carbons (Fsp3) is 0.143. The lowest BCUT2D eigenvalue weighted by molar-refractivity contribution is 0.276. The van der Waals surface area contributed by atoms with Crippen LogP contribution in [0.4, 0.5) is 11.4 Å². The average Bonchev–Trinajstić information content (AvgIpc) is 2.98. The fourth-order valence-electron chi connectivity index (χ4n) is 2.11. The van der Waals surface area contributed by atoms with Gasteiger partial charge in [0.25, 0.3) is 0 Å². The van der Waals surface area contributed by atoms with Crippen molar-refractivity contribution in [3.8, 4) is 0 Å². The molecule has 102 valence electrons. The number of hydrogen-bond donors (Lipinski definition) is 3. The van der Waals surface area contributed by atoms with Crippen molar-refractivity contribution >= 4 is 22.4 Å². The Bertz CT molecular complexity index is 712. The van der Waals surface area contributed by atoms with Gasteiger partial charge in [-0.25, -0.2) is 4.63 Å². The summed E-state index contributed by atoms with van der Waals surface area (Å²) >= 11 is 0. The van der Waals surface area contributed by atoms with E-state index in [4.69, 9.17) is 10.4 Å². The second kappa shape index (κ2) is 5.18. The molecule has 1 aromatic heterocycles. The first-order valence-electron chi connectivity index (χ1n) is 6.22. The number of benzene rings is 2. The highest BCUT2D eigenvalue weighted by Crippen LogP contribution is 2.28. The molecule has 20 heavy (non-hydrogen) atoms. The molecule has 1 heterocycles. The molecule has 0 saturated heterocycles. The first kappa shape index (κ1) is 12.4. The summed E-state index contributed by atoms with van der Waals surface area (Å²) in [5, 5.41) is 20.4. The van der Waals surface area contributed by atoms with Gasteiger partial charge in [-0.15, -0.1) is 0 Å². The molecule has 4 N–H and O–H groups in total. The van der Waals surface area contributed by atoms with E-state index in [1.807, 2.05) is 30.3 Å². The largest absolute Gasteiger partial charge is 0.397 e. The van der Waals surface area contributed by atoms with E-state index in [2.05, 4.69) is 15.6 Å². The Morgan fingerprint density at radius 1 is 1.10 bits per heavy atom. The van der Waals surface area contributed by atoms with Crippen molar-refractivity contribution in [2.45, 2.75) is 6.04 Å². The van der Waals surface area contributed by atoms with Crippen molar-refractivity contribution in [2.24, 2.45) is 0 Å². The van der Waals surface area contributed by atoms with Crippen molar-refractivity contribution in [2.75, 3.05) is 17.7 Å². The second-order valence-electron chi connectivity index (χ2n) is 4.45. The van der Waals surface area contributed by atoms with Gasteiger partial charge in [0.1, 0.15) is 0 Å². The number of rotatable bonds is 4. The van der Waals surface area contributed by atoms with Crippen LogP contribution in [-0.2, 0) is 0 Å². The Balaban J connectivity index is 1.96. The molecule has 0 aliphatic rings. The molecule has 0 bridgehead atoms. The SMILES string of the molecule is Nc1ccc(NC(CO)c2ccccc2)c2nonc12. The molecule has 6 heteroatoms. The normalized spacial score (nSPS) is 12.4. The maximum atomic E-state index is 9.57. The van der Waals surface area contributed by atoms with Gasteiger partial charge in [0, 0.05) is 0 Å². The van der Waals surface area contributed by atoms with E-state index >= 15 is 0 Å². The molecule has 0 fully saturated rings. The van der Waals surface area contributed by atoms with Crippen molar-refractivity contribution in [3.63, 3.8) is 0 Å². The summed E-state index contributed by atoms with van der Waals surface area (Å²) < 4.78 is 4.72. The topological polar surface area (TPSA) is 97.2 Å². The third-order valence-corrected chi connectivity index (χ3v) is 3.16. The van der Waals surface area contributed by atoms with E-state index in [1.165, 1.54) is 0 Å². The first-order valence-corrected chi connectivity index (χ1v) is 6.22. The van der Waals surface area contributed by atoms with Crippen LogP contribution in [0.2, 0.25) is 0 Å². The van der Waals surface area contributed by atoms with Crippen LogP contribution in [-0.4, -0.2) is 22.0 Å². The lowest BCUT2D eigenvalue weighted by Gasteiger charge is -2.18. The Morgan fingerprint density at radius 2 is 1.85 bits per heavy atom. The second-order valence-corrected chi connectivity index (χ2v) is 4.45. The van der Waals surface area contributed by atoms with Crippen LogP contribution < -0.4 is 11.1 Å². The molecule has 0 aliphatic carbocycles. The number of nitrogen functional groups attached to an aromatic ring is 1. The number of nitrogens with two attached hydrogens (primary N) is 1. The smallest absolute Gasteiger partial charge is 0.160 e. The Kier molecular flexibility index (Phi) is 3.22. The lowest BCUT2D eigenvalue weighted by atomic mass is 10.1. The monoisotopic (exact) mass is 270 g/mol. The maximum Gasteiger partial charge on any atom is 0.160 e. The molecule has 0 amide bonds. The van der Waals surface area contributed by atoms with Gasteiger partial charge in [0.2, 0.25) is 0 Å². The van der Waals surface area contributed by atoms with Crippen molar-refractivity contribution in [1.82, 2.24) is 10.3 Å². The van der Waals surface area contributed by atoms with Gasteiger partial charge in [-0.1, -0.05) is 30.3 Å². The molecule has 6 nitrogen and oxygen atoms in total. The van der Waals surface area contributed by atoms with Gasteiger partial charge in [0.05, 0.1) is 24.0 Å². The number of anilines is 2. The average molecular weight is 270 g/mol. The number of hydrogen-bond acceptors (Lipinski definition) is 6. The van der Waals surface area contributed by atoms with Gasteiger partial charge in [-0.3, -0.25) is 0 Å². The highest BCUT2D eigenvalue weighted by molar-refractivity contribution is 5.95. The van der Waals surface area contributed by atoms with E-state index in [-0.39, 0.29) is 12.6 Å². The molecule has 3 aromatic rings. The van der Waals surface area contributed by atoms with Gasteiger partial charge >= 0.3 is 0 Å². The summed E-state index contributed by atoms with van der Waals surface area (Å²) in [7, 11) is 0. The standard InChI is InChI=1S/C14H14N4O2/c15-10-6-7-11(14-13(10)17-20-18-14)16-12(8-19)9-4-2-1-3-5-9/h1-7,12,16,19H,8,15H2. The van der Waals surface area contributed by atoms with E-state index in [0.717, 1.165) is 11.3 Å². The number of nitrogens with one attached hydrogen (secondary N) is 1. The van der Waals surface area contributed by atoms with Gasteiger partial charge in [-0.2, -0.15) is 0 Å². The Labute approximate surface area is 115 Å². The number of nitrogens with zero attached hydrogens (tertiary/aromatic N) is 2. The minimum Gasteiger partial charge on any atom is -0.397 e. The van der Waals surface area contributed by atoms with Crippen LogP contribution in [0, 0.1) is 0 Å². The van der Waals surface area contributed by atoms with Crippen LogP contribution in [0.25, 0.3) is 11.0 Å². The summed E-state index contributed by atoms with van der Waals surface area (Å²) in [4.78, 5) is 0. The van der Waals surface area contributed by atoms with Crippen LogP contribution in [0.1, 0.15) is 11.6 Å². The highest BCUT2D eigenvalue weighted by atomic mass is 16.6. The summed E-state index contributed by atoms with van der Waals surface area (Å²) in [6.45, 7) is -0.0405. The van der Waals surface area contributed by atoms with Crippen LogP contribution in [0.15, 0.2) is 47.1 Å². The lowest BCUT2D eigenvalue weighted by Crippen LogP contribution is -2.15. The van der Waals surface area contributed by atoms with E-state index < -0.39 is 0 Å². The number of fused-ring (bicyclic) bond motifs is 1. The van der Waals surface area contributed by atoms with E-state index in [0.29, 0.717) is 16.7 Å². The van der Waals surface area contributed by atoms with Gasteiger partial charge in [0.15, 0.2) is 11.0 Å². The molecule has 0 aliphatic heterocycles. The molecule has 0 saturated carbocycles. The number of aliphatic hydroxyl groups excluding tert-OH is 1. The molecule has 2 aromatic carbocycles. The van der Waals surface area contributed by atoms with E-state index in [1.54, 1.807) is 12.1 Å². The predicted octanol–water partition coefficient (Wildman–Crippen LogP) is 1.95. The Hall–Kier alpha value is -2.60. The van der Waals surface area contributed by atoms with Crippen molar-refractivity contribution < 1.29 is 9.74 Å². The zero-order valence-corrected chi connectivity index (χ0v) is 10.7. The molecule has 0 radical (unpaired) electrons. The number of aromatic nitrogens is 2. The van der Waals surface area contributed by atoms with Crippen LogP contribution in [0.5, 0.6) is 0 Å². The Morgan fingerprint density at radius 3 is 2.60 bits per heavy atom. The number of aliphatic hydroxyl groups is 1. The van der Waals surface area contributed by atoms with Gasteiger partial charge in [-0.05, 0) is 28.0 Å². The quantitative estimate of drug-likeness (QED) is 0.627.